The lowest BCUT2D eigenvalue weighted by Crippen LogP contribution is -2.25. The number of nitrogens with zero attached hydrogens (tertiary/aromatic N) is 1. The molecule has 1 heterocycles. The first-order valence-electron chi connectivity index (χ1n) is 5.92. The minimum Gasteiger partial charge on any atom is -0.305 e. The molecule has 5 heteroatoms. The Balaban J connectivity index is 2.54. The van der Waals surface area contributed by atoms with Gasteiger partial charge in [-0.2, -0.15) is 0 Å². The van der Waals surface area contributed by atoms with Crippen molar-refractivity contribution in [1.82, 2.24) is 10.3 Å². The lowest BCUT2D eigenvalue weighted by Gasteiger charge is -2.19. The molecule has 100 valence electrons. The van der Waals surface area contributed by atoms with E-state index >= 15 is 0 Å². The van der Waals surface area contributed by atoms with Crippen molar-refractivity contribution in [3.63, 3.8) is 0 Å². The van der Waals surface area contributed by atoms with Crippen molar-refractivity contribution in [3.8, 4) is 0 Å². The summed E-state index contributed by atoms with van der Waals surface area (Å²) in [6.07, 6.45) is 1.60. The Labute approximate surface area is 119 Å². The van der Waals surface area contributed by atoms with Crippen LogP contribution in [0.2, 0.25) is 0 Å². The molecule has 1 aromatic heterocycles. The van der Waals surface area contributed by atoms with Gasteiger partial charge >= 0.3 is 0 Å². The van der Waals surface area contributed by atoms with Crippen molar-refractivity contribution >= 4 is 15.9 Å². The molecule has 0 aliphatic rings. The third-order valence-corrected chi connectivity index (χ3v) is 3.37. The second kappa shape index (κ2) is 6.21. The molecule has 0 fully saturated rings. The Bertz CT molecular complexity index is 561. The lowest BCUT2D eigenvalue weighted by molar-refractivity contribution is 0.502. The molecular formula is C14H13BrF2N2. The summed E-state index contributed by atoms with van der Waals surface area (Å²) in [6, 6.07) is 7.29. The first-order chi connectivity index (χ1) is 9.15. The van der Waals surface area contributed by atoms with Crippen molar-refractivity contribution < 1.29 is 8.78 Å². The number of benzene rings is 1. The summed E-state index contributed by atoms with van der Waals surface area (Å²) >= 11 is 3.08. The van der Waals surface area contributed by atoms with E-state index in [0.29, 0.717) is 12.2 Å². The number of nitrogens with one attached hydrogen (secondary N) is 1. The second-order valence-corrected chi connectivity index (χ2v) is 4.86. The molecule has 2 aromatic rings. The van der Waals surface area contributed by atoms with Crippen LogP contribution in [0.15, 0.2) is 41.0 Å². The van der Waals surface area contributed by atoms with Crippen molar-refractivity contribution in [2.24, 2.45) is 0 Å². The zero-order valence-corrected chi connectivity index (χ0v) is 11.9. The molecule has 2 nitrogen and oxygen atoms in total. The number of hydrogen-bond acceptors (Lipinski definition) is 2. The molecule has 0 saturated carbocycles. The summed E-state index contributed by atoms with van der Waals surface area (Å²) in [7, 11) is 0. The average Bonchev–Trinajstić information content (AvgIpc) is 2.43. The maximum atomic E-state index is 14.2. The fourth-order valence-corrected chi connectivity index (χ4v) is 2.26. The minimum atomic E-state index is -0.608. The molecule has 2 rings (SSSR count). The third-order valence-electron chi connectivity index (χ3n) is 2.76. The molecule has 0 aliphatic carbocycles. The summed E-state index contributed by atoms with van der Waals surface area (Å²) < 4.78 is 28.4. The largest absolute Gasteiger partial charge is 0.305 e. The van der Waals surface area contributed by atoms with Crippen LogP contribution in [0.25, 0.3) is 0 Å². The second-order valence-electron chi connectivity index (χ2n) is 4.00. The summed E-state index contributed by atoms with van der Waals surface area (Å²) in [5.74, 6) is -1.19. The Morgan fingerprint density at radius 3 is 2.68 bits per heavy atom. The number of halogens is 3. The van der Waals surface area contributed by atoms with Gasteiger partial charge in [-0.15, -0.1) is 0 Å². The fraction of sp³-hybridized carbons (Fsp3) is 0.214. The zero-order chi connectivity index (χ0) is 13.8. The predicted molar refractivity (Wildman–Crippen MR) is 73.8 cm³/mol. The van der Waals surface area contributed by atoms with E-state index in [2.05, 4.69) is 26.2 Å². The topological polar surface area (TPSA) is 24.9 Å². The molecule has 1 unspecified atom stereocenters. The number of pyridine rings is 1. The molecule has 0 bridgehead atoms. The number of rotatable bonds is 4. The molecule has 1 N–H and O–H groups in total. The maximum Gasteiger partial charge on any atom is 0.145 e. The summed E-state index contributed by atoms with van der Waals surface area (Å²) in [5.41, 5.74) is 0.565. The van der Waals surface area contributed by atoms with Gasteiger partial charge < -0.3 is 5.32 Å². The fourth-order valence-electron chi connectivity index (χ4n) is 1.91. The first-order valence-corrected chi connectivity index (χ1v) is 6.72. The van der Waals surface area contributed by atoms with Gasteiger partial charge in [-0.1, -0.05) is 13.0 Å². The van der Waals surface area contributed by atoms with Crippen LogP contribution in [0.1, 0.15) is 24.2 Å². The van der Waals surface area contributed by atoms with E-state index in [1.54, 1.807) is 24.4 Å². The molecule has 0 amide bonds. The van der Waals surface area contributed by atoms with Gasteiger partial charge in [0.2, 0.25) is 0 Å². The van der Waals surface area contributed by atoms with E-state index in [1.165, 1.54) is 12.1 Å². The van der Waals surface area contributed by atoms with Gasteiger partial charge in [0.15, 0.2) is 0 Å². The van der Waals surface area contributed by atoms with Crippen LogP contribution in [0.4, 0.5) is 8.78 Å². The monoisotopic (exact) mass is 326 g/mol. The molecule has 19 heavy (non-hydrogen) atoms. The van der Waals surface area contributed by atoms with Crippen LogP contribution < -0.4 is 5.32 Å². The average molecular weight is 327 g/mol. The van der Waals surface area contributed by atoms with Gasteiger partial charge in [0.05, 0.1) is 16.2 Å². The smallest absolute Gasteiger partial charge is 0.145 e. The highest BCUT2D eigenvalue weighted by molar-refractivity contribution is 9.10. The SMILES string of the molecule is CCNC(c1ccccn1)c1c(F)ccc(Br)c1F. The molecule has 1 atom stereocenters. The van der Waals surface area contributed by atoms with Crippen LogP contribution in [-0.4, -0.2) is 11.5 Å². The van der Waals surface area contributed by atoms with Gasteiger partial charge in [-0.05, 0) is 46.7 Å². The van der Waals surface area contributed by atoms with Crippen molar-refractivity contribution in [3.05, 3.63) is 63.9 Å². The summed E-state index contributed by atoms with van der Waals surface area (Å²) in [4.78, 5) is 4.17. The Kier molecular flexibility index (Phi) is 4.61. The molecule has 0 aliphatic heterocycles. The Hall–Kier alpha value is -1.33. The van der Waals surface area contributed by atoms with E-state index in [1.807, 2.05) is 6.92 Å². The maximum absolute atomic E-state index is 14.2. The van der Waals surface area contributed by atoms with Crippen LogP contribution in [0.3, 0.4) is 0 Å². The summed E-state index contributed by atoms with van der Waals surface area (Å²) in [6.45, 7) is 2.45. The van der Waals surface area contributed by atoms with Gasteiger partial charge in [0.1, 0.15) is 11.6 Å². The number of hydrogen-bond donors (Lipinski definition) is 1. The van der Waals surface area contributed by atoms with Crippen LogP contribution in [0, 0.1) is 11.6 Å². The summed E-state index contributed by atoms with van der Waals surface area (Å²) in [5, 5.41) is 3.06. The lowest BCUT2D eigenvalue weighted by atomic mass is 10.0. The standard InChI is InChI=1S/C14H13BrF2N2/c1-2-18-14(11-5-3-4-8-19-11)12-10(16)7-6-9(15)13(12)17/h3-8,14,18H,2H2,1H3. The van der Waals surface area contributed by atoms with E-state index in [9.17, 15) is 8.78 Å². The molecular weight excluding hydrogens is 314 g/mol. The van der Waals surface area contributed by atoms with Gasteiger partial charge in [-0.25, -0.2) is 8.78 Å². The number of aromatic nitrogens is 1. The molecule has 0 radical (unpaired) electrons. The predicted octanol–water partition coefficient (Wildman–Crippen LogP) is 3.82. The highest BCUT2D eigenvalue weighted by atomic mass is 79.9. The highest BCUT2D eigenvalue weighted by Gasteiger charge is 2.23. The third kappa shape index (κ3) is 2.98. The highest BCUT2D eigenvalue weighted by Crippen LogP contribution is 2.29. The van der Waals surface area contributed by atoms with E-state index in [-0.39, 0.29) is 10.0 Å². The van der Waals surface area contributed by atoms with E-state index in [0.717, 1.165) is 0 Å². The van der Waals surface area contributed by atoms with Crippen molar-refractivity contribution in [1.29, 1.82) is 0 Å². The molecule has 1 aromatic carbocycles. The Morgan fingerprint density at radius 1 is 1.26 bits per heavy atom. The first kappa shape index (κ1) is 14.1. The van der Waals surface area contributed by atoms with Crippen LogP contribution >= 0.6 is 15.9 Å². The van der Waals surface area contributed by atoms with E-state index in [4.69, 9.17) is 0 Å². The quantitative estimate of drug-likeness (QED) is 0.864. The van der Waals surface area contributed by atoms with Gasteiger partial charge in [0.25, 0.3) is 0 Å². The van der Waals surface area contributed by atoms with Crippen LogP contribution in [0.5, 0.6) is 0 Å². The Morgan fingerprint density at radius 2 is 2.05 bits per heavy atom. The van der Waals surface area contributed by atoms with Gasteiger partial charge in [0, 0.05) is 11.8 Å². The molecule has 0 spiro atoms. The van der Waals surface area contributed by atoms with Crippen molar-refractivity contribution in [2.75, 3.05) is 6.54 Å². The normalized spacial score (nSPS) is 12.4. The van der Waals surface area contributed by atoms with Crippen molar-refractivity contribution in [2.45, 2.75) is 13.0 Å². The van der Waals surface area contributed by atoms with E-state index < -0.39 is 17.7 Å². The molecule has 0 saturated heterocycles. The van der Waals surface area contributed by atoms with Gasteiger partial charge in [-0.3, -0.25) is 4.98 Å². The van der Waals surface area contributed by atoms with Crippen LogP contribution in [-0.2, 0) is 0 Å². The zero-order valence-electron chi connectivity index (χ0n) is 10.3. The minimum absolute atomic E-state index is 0.0186.